The van der Waals surface area contributed by atoms with Crippen LogP contribution in [-0.2, 0) is 6.54 Å². The monoisotopic (exact) mass is 304 g/mol. The van der Waals surface area contributed by atoms with E-state index >= 15 is 0 Å². The number of ether oxygens (including phenoxy) is 1. The molecule has 2 rings (SSSR count). The number of anilines is 1. The van der Waals surface area contributed by atoms with E-state index in [-0.39, 0.29) is 0 Å². The van der Waals surface area contributed by atoms with Gasteiger partial charge in [-0.2, -0.15) is 0 Å². The molecule has 0 amide bonds. The minimum Gasteiger partial charge on any atom is -0.492 e. The number of nitrogens with zero attached hydrogens (tertiary/aromatic N) is 1. The lowest BCUT2D eigenvalue weighted by Crippen LogP contribution is -2.22. The normalized spacial score (nSPS) is 10.6. The summed E-state index contributed by atoms with van der Waals surface area (Å²) in [6, 6.07) is 12.6. The van der Waals surface area contributed by atoms with Gasteiger partial charge in [0.15, 0.2) is 0 Å². The van der Waals surface area contributed by atoms with Gasteiger partial charge in [-0.15, -0.1) is 11.3 Å². The van der Waals surface area contributed by atoms with Crippen molar-refractivity contribution in [2.24, 2.45) is 0 Å². The molecule has 0 fully saturated rings. The first-order valence-electron chi connectivity index (χ1n) is 7.54. The van der Waals surface area contributed by atoms with E-state index in [9.17, 15) is 0 Å². The summed E-state index contributed by atoms with van der Waals surface area (Å²) in [5.41, 5.74) is 1.23. The van der Waals surface area contributed by atoms with E-state index in [1.165, 1.54) is 10.6 Å². The summed E-state index contributed by atoms with van der Waals surface area (Å²) in [5.74, 6) is 0.942. The van der Waals surface area contributed by atoms with Crippen molar-refractivity contribution in [2.75, 3.05) is 31.1 Å². The van der Waals surface area contributed by atoms with Gasteiger partial charge in [0.2, 0.25) is 0 Å². The molecule has 1 aromatic carbocycles. The highest BCUT2D eigenvalue weighted by atomic mass is 32.1. The lowest BCUT2D eigenvalue weighted by molar-refractivity contribution is 0.314. The van der Waals surface area contributed by atoms with Crippen molar-refractivity contribution in [1.82, 2.24) is 5.32 Å². The molecule has 0 spiro atoms. The molecule has 0 radical (unpaired) electrons. The maximum absolute atomic E-state index is 5.82. The largest absolute Gasteiger partial charge is 0.492 e. The quantitative estimate of drug-likeness (QED) is 0.714. The van der Waals surface area contributed by atoms with E-state index in [1.54, 1.807) is 11.3 Å². The highest BCUT2D eigenvalue weighted by Gasteiger charge is 2.03. The summed E-state index contributed by atoms with van der Waals surface area (Å²) in [6.45, 7) is 8.84. The second-order valence-electron chi connectivity index (χ2n) is 4.77. The summed E-state index contributed by atoms with van der Waals surface area (Å²) in [5, 5.41) is 5.50. The average Bonchev–Trinajstić information content (AvgIpc) is 3.02. The Morgan fingerprint density at radius 2 is 2.00 bits per heavy atom. The maximum Gasteiger partial charge on any atom is 0.121 e. The summed E-state index contributed by atoms with van der Waals surface area (Å²) >= 11 is 1.78. The second kappa shape index (κ2) is 8.70. The van der Waals surface area contributed by atoms with E-state index in [0.29, 0.717) is 6.61 Å². The van der Waals surface area contributed by atoms with Gasteiger partial charge in [0.05, 0.1) is 0 Å². The average molecular weight is 304 g/mol. The van der Waals surface area contributed by atoms with Gasteiger partial charge in [-0.05, 0) is 37.4 Å². The van der Waals surface area contributed by atoms with Crippen LogP contribution in [0, 0.1) is 0 Å². The van der Waals surface area contributed by atoms with Gasteiger partial charge in [0, 0.05) is 42.8 Å². The predicted molar refractivity (Wildman–Crippen MR) is 91.5 cm³/mol. The highest BCUT2D eigenvalue weighted by Crippen LogP contribution is 2.20. The first-order chi connectivity index (χ1) is 10.3. The van der Waals surface area contributed by atoms with Crippen molar-refractivity contribution in [3.05, 3.63) is 46.7 Å². The molecule has 0 bridgehead atoms. The Morgan fingerprint density at radius 1 is 1.14 bits per heavy atom. The zero-order valence-corrected chi connectivity index (χ0v) is 13.7. The molecule has 3 nitrogen and oxygen atoms in total. The van der Waals surface area contributed by atoms with E-state index in [2.05, 4.69) is 59.8 Å². The fourth-order valence-electron chi connectivity index (χ4n) is 2.22. The topological polar surface area (TPSA) is 24.5 Å². The molecule has 21 heavy (non-hydrogen) atoms. The standard InChI is InChI=1S/C17H24N2OS/c1-3-19(4-2)15-7-5-8-16(13-15)20-11-10-18-14-17-9-6-12-21-17/h5-9,12-13,18H,3-4,10-11,14H2,1-2H3. The SMILES string of the molecule is CCN(CC)c1cccc(OCCNCc2cccs2)c1. The zero-order chi connectivity index (χ0) is 14.9. The van der Waals surface area contributed by atoms with Crippen LogP contribution in [0.4, 0.5) is 5.69 Å². The molecule has 2 aromatic rings. The van der Waals surface area contributed by atoms with Crippen molar-refractivity contribution in [3.8, 4) is 5.75 Å². The minimum atomic E-state index is 0.688. The van der Waals surface area contributed by atoms with Gasteiger partial charge in [-0.3, -0.25) is 0 Å². The molecule has 4 heteroatoms. The van der Waals surface area contributed by atoms with Crippen molar-refractivity contribution in [3.63, 3.8) is 0 Å². The van der Waals surface area contributed by atoms with Crippen LogP contribution in [-0.4, -0.2) is 26.2 Å². The molecule has 114 valence electrons. The van der Waals surface area contributed by atoms with E-state index in [1.807, 2.05) is 6.07 Å². The smallest absolute Gasteiger partial charge is 0.121 e. The van der Waals surface area contributed by atoms with Crippen LogP contribution in [0.3, 0.4) is 0 Å². The van der Waals surface area contributed by atoms with Crippen LogP contribution < -0.4 is 15.0 Å². The molecule has 0 unspecified atom stereocenters. The van der Waals surface area contributed by atoms with Crippen LogP contribution in [0.25, 0.3) is 0 Å². The van der Waals surface area contributed by atoms with E-state index in [0.717, 1.165) is 31.9 Å². The molecule has 0 atom stereocenters. The van der Waals surface area contributed by atoms with Gasteiger partial charge in [-0.1, -0.05) is 12.1 Å². The summed E-state index contributed by atoms with van der Waals surface area (Å²) in [4.78, 5) is 3.68. The third kappa shape index (κ3) is 5.06. The Bertz CT molecular complexity index is 509. The Kier molecular flexibility index (Phi) is 6.57. The van der Waals surface area contributed by atoms with Crippen LogP contribution >= 0.6 is 11.3 Å². The molecule has 0 aliphatic rings. The number of benzene rings is 1. The summed E-state index contributed by atoms with van der Waals surface area (Å²) < 4.78 is 5.82. The van der Waals surface area contributed by atoms with Crippen molar-refractivity contribution >= 4 is 17.0 Å². The van der Waals surface area contributed by atoms with Crippen molar-refractivity contribution in [2.45, 2.75) is 20.4 Å². The van der Waals surface area contributed by atoms with Crippen LogP contribution in [0.15, 0.2) is 41.8 Å². The molecular weight excluding hydrogens is 280 g/mol. The molecule has 0 aliphatic heterocycles. The molecule has 0 saturated heterocycles. The van der Waals surface area contributed by atoms with E-state index in [4.69, 9.17) is 4.74 Å². The fourth-order valence-corrected chi connectivity index (χ4v) is 2.90. The number of thiophene rings is 1. The molecule has 1 N–H and O–H groups in total. The highest BCUT2D eigenvalue weighted by molar-refractivity contribution is 7.09. The van der Waals surface area contributed by atoms with Gasteiger partial charge >= 0.3 is 0 Å². The number of nitrogens with one attached hydrogen (secondary N) is 1. The molecule has 1 aromatic heterocycles. The Balaban J connectivity index is 1.74. The molecule has 1 heterocycles. The van der Waals surface area contributed by atoms with Gasteiger partial charge in [0.25, 0.3) is 0 Å². The maximum atomic E-state index is 5.82. The third-order valence-corrected chi connectivity index (χ3v) is 4.25. The first kappa shape index (κ1) is 15.9. The second-order valence-corrected chi connectivity index (χ2v) is 5.81. The molecular formula is C17H24N2OS. The van der Waals surface area contributed by atoms with Crippen LogP contribution in [0.5, 0.6) is 5.75 Å². The van der Waals surface area contributed by atoms with Gasteiger partial charge in [0.1, 0.15) is 12.4 Å². The minimum absolute atomic E-state index is 0.688. The fraction of sp³-hybridized carbons (Fsp3) is 0.412. The van der Waals surface area contributed by atoms with Gasteiger partial charge in [-0.25, -0.2) is 0 Å². The van der Waals surface area contributed by atoms with E-state index < -0.39 is 0 Å². The van der Waals surface area contributed by atoms with Crippen LogP contribution in [0.1, 0.15) is 18.7 Å². The van der Waals surface area contributed by atoms with Crippen LogP contribution in [0.2, 0.25) is 0 Å². The Hall–Kier alpha value is -1.52. The zero-order valence-electron chi connectivity index (χ0n) is 12.8. The summed E-state index contributed by atoms with van der Waals surface area (Å²) in [7, 11) is 0. The number of hydrogen-bond donors (Lipinski definition) is 1. The lowest BCUT2D eigenvalue weighted by Gasteiger charge is -2.21. The third-order valence-electron chi connectivity index (χ3n) is 3.37. The predicted octanol–water partition coefficient (Wildman–Crippen LogP) is 3.76. The number of hydrogen-bond acceptors (Lipinski definition) is 4. The number of rotatable bonds is 9. The van der Waals surface area contributed by atoms with Crippen molar-refractivity contribution < 1.29 is 4.74 Å². The molecule has 0 saturated carbocycles. The summed E-state index contributed by atoms with van der Waals surface area (Å²) in [6.07, 6.45) is 0. The Labute approximate surface area is 131 Å². The van der Waals surface area contributed by atoms with Gasteiger partial charge < -0.3 is 15.0 Å². The first-order valence-corrected chi connectivity index (χ1v) is 8.42. The van der Waals surface area contributed by atoms with Crippen molar-refractivity contribution in [1.29, 1.82) is 0 Å². The Morgan fingerprint density at radius 3 is 2.71 bits per heavy atom. The lowest BCUT2D eigenvalue weighted by atomic mass is 10.2. The molecule has 0 aliphatic carbocycles.